The summed E-state index contributed by atoms with van der Waals surface area (Å²) in [6, 6.07) is 22.4. The van der Waals surface area contributed by atoms with Gasteiger partial charge >= 0.3 is 11.9 Å². The first kappa shape index (κ1) is 27.5. The third-order valence-corrected chi connectivity index (χ3v) is 7.34. The Bertz CT molecular complexity index is 1340. The van der Waals surface area contributed by atoms with E-state index in [0.29, 0.717) is 0 Å². The Hall–Kier alpha value is -3.57. The summed E-state index contributed by atoms with van der Waals surface area (Å²) in [6.45, 7) is 3.38. The molecule has 38 heavy (non-hydrogen) atoms. The highest BCUT2D eigenvalue weighted by atomic mass is 32.2. The van der Waals surface area contributed by atoms with Crippen LogP contribution in [-0.4, -0.2) is 58.2 Å². The lowest BCUT2D eigenvalue weighted by molar-refractivity contribution is -0.279. The molecule has 5 atom stereocenters. The van der Waals surface area contributed by atoms with Crippen molar-refractivity contribution in [3.8, 4) is 0 Å². The molecule has 1 heterocycles. The van der Waals surface area contributed by atoms with Crippen LogP contribution in [0, 0.1) is 6.92 Å². The molecule has 0 saturated carbocycles. The highest BCUT2D eigenvalue weighted by Gasteiger charge is 2.52. The molecule has 4 rings (SSSR count). The van der Waals surface area contributed by atoms with Gasteiger partial charge in [0.1, 0.15) is 6.10 Å². The summed E-state index contributed by atoms with van der Waals surface area (Å²) in [6.07, 6.45) is -6.22. The van der Waals surface area contributed by atoms with E-state index in [4.69, 9.17) is 23.1 Å². The van der Waals surface area contributed by atoms with E-state index in [1.54, 1.807) is 79.7 Å². The van der Waals surface area contributed by atoms with Crippen LogP contribution >= 0.6 is 0 Å². The second kappa shape index (κ2) is 11.9. The van der Waals surface area contributed by atoms with Gasteiger partial charge in [-0.05, 0) is 50.2 Å². The molecule has 3 aromatic rings. The molecule has 0 aromatic heterocycles. The summed E-state index contributed by atoms with van der Waals surface area (Å²) in [5.74, 6) is -1.50. The van der Waals surface area contributed by atoms with E-state index in [1.807, 2.05) is 6.92 Å². The van der Waals surface area contributed by atoms with E-state index < -0.39 is 52.8 Å². The van der Waals surface area contributed by atoms with E-state index in [2.05, 4.69) is 0 Å². The third-order valence-electron chi connectivity index (χ3n) is 6.01. The number of benzene rings is 3. The van der Waals surface area contributed by atoms with Crippen LogP contribution in [0.15, 0.2) is 89.8 Å². The predicted octanol–water partition coefficient (Wildman–Crippen LogP) is 3.91. The third kappa shape index (κ3) is 6.28. The van der Waals surface area contributed by atoms with Crippen LogP contribution in [-0.2, 0) is 33.2 Å². The minimum absolute atomic E-state index is 0.0878. The summed E-state index contributed by atoms with van der Waals surface area (Å²) in [7, 11) is -2.99. The molecule has 3 aromatic carbocycles. The van der Waals surface area contributed by atoms with Gasteiger partial charge < -0.3 is 18.9 Å². The molecule has 10 heteroatoms. The summed E-state index contributed by atoms with van der Waals surface area (Å²) in [5.41, 5.74) is 1.32. The Morgan fingerprint density at radius 3 is 1.74 bits per heavy atom. The summed E-state index contributed by atoms with van der Waals surface area (Å²) in [4.78, 5) is 26.0. The molecule has 1 aliphatic heterocycles. The highest BCUT2D eigenvalue weighted by molar-refractivity contribution is 7.86. The van der Waals surface area contributed by atoms with Crippen LogP contribution in [0.5, 0.6) is 0 Å². The van der Waals surface area contributed by atoms with Crippen LogP contribution in [0.3, 0.4) is 0 Å². The lowest BCUT2D eigenvalue weighted by Gasteiger charge is -2.43. The second-order valence-corrected chi connectivity index (χ2v) is 10.3. The first-order valence-electron chi connectivity index (χ1n) is 11.9. The van der Waals surface area contributed by atoms with Crippen LogP contribution in [0.4, 0.5) is 0 Å². The Balaban J connectivity index is 1.70. The van der Waals surface area contributed by atoms with Crippen molar-refractivity contribution in [3.63, 3.8) is 0 Å². The van der Waals surface area contributed by atoms with Gasteiger partial charge in [-0.1, -0.05) is 54.1 Å². The topological polar surface area (TPSA) is 114 Å². The normalized spacial score (nSPS) is 23.4. The number of carbonyl (C=O) groups excluding carboxylic acids is 2. The van der Waals surface area contributed by atoms with Crippen molar-refractivity contribution < 1.29 is 41.1 Å². The van der Waals surface area contributed by atoms with Crippen LogP contribution in [0.2, 0.25) is 0 Å². The molecule has 0 amide bonds. The molecule has 0 bridgehead atoms. The Labute approximate surface area is 221 Å². The van der Waals surface area contributed by atoms with Gasteiger partial charge in [-0.2, -0.15) is 8.42 Å². The van der Waals surface area contributed by atoms with Crippen molar-refractivity contribution in [3.05, 3.63) is 102 Å². The fourth-order valence-electron chi connectivity index (χ4n) is 3.99. The van der Waals surface area contributed by atoms with Gasteiger partial charge in [0, 0.05) is 7.11 Å². The fraction of sp³-hybridized carbons (Fsp3) is 0.286. The van der Waals surface area contributed by atoms with Crippen molar-refractivity contribution >= 4 is 22.1 Å². The molecule has 0 aliphatic carbocycles. The minimum atomic E-state index is -4.32. The second-order valence-electron chi connectivity index (χ2n) is 8.75. The smallest absolute Gasteiger partial charge is 0.338 e. The van der Waals surface area contributed by atoms with Gasteiger partial charge in [0.05, 0.1) is 22.1 Å². The van der Waals surface area contributed by atoms with Gasteiger partial charge in [0.25, 0.3) is 10.1 Å². The number of esters is 2. The SMILES string of the molecule is CO[C@H]1O[C@@H](C)[C@@H](OS(=O)(=O)c2ccc(C)cc2)[C@H](OC(=O)c2ccccc2)[C@H]1OC(=O)c1ccccc1. The van der Waals surface area contributed by atoms with Crippen molar-refractivity contribution in [2.75, 3.05) is 7.11 Å². The molecule has 0 unspecified atom stereocenters. The summed E-state index contributed by atoms with van der Waals surface area (Å²) in [5, 5.41) is 0. The molecule has 0 N–H and O–H groups in total. The van der Waals surface area contributed by atoms with E-state index in [9.17, 15) is 18.0 Å². The van der Waals surface area contributed by atoms with E-state index in [-0.39, 0.29) is 16.0 Å². The van der Waals surface area contributed by atoms with Gasteiger partial charge in [-0.3, -0.25) is 4.18 Å². The maximum Gasteiger partial charge on any atom is 0.338 e. The maximum absolute atomic E-state index is 13.2. The quantitative estimate of drug-likeness (QED) is 0.310. The molecule has 200 valence electrons. The molecule has 1 saturated heterocycles. The predicted molar refractivity (Wildman–Crippen MR) is 136 cm³/mol. The van der Waals surface area contributed by atoms with Crippen LogP contribution in [0.25, 0.3) is 0 Å². The van der Waals surface area contributed by atoms with Gasteiger partial charge in [-0.15, -0.1) is 0 Å². The van der Waals surface area contributed by atoms with Gasteiger partial charge in [0.2, 0.25) is 0 Å². The molecule has 9 nitrogen and oxygen atoms in total. The monoisotopic (exact) mass is 540 g/mol. The summed E-state index contributed by atoms with van der Waals surface area (Å²) < 4.78 is 54.7. The average molecular weight is 541 g/mol. The van der Waals surface area contributed by atoms with Crippen molar-refractivity contribution in [2.24, 2.45) is 0 Å². The van der Waals surface area contributed by atoms with Gasteiger partial charge in [-0.25, -0.2) is 9.59 Å². The highest BCUT2D eigenvalue weighted by Crippen LogP contribution is 2.32. The number of ether oxygens (including phenoxy) is 4. The van der Waals surface area contributed by atoms with E-state index >= 15 is 0 Å². The average Bonchev–Trinajstić information content (AvgIpc) is 2.93. The van der Waals surface area contributed by atoms with E-state index in [0.717, 1.165) is 5.56 Å². The number of rotatable bonds is 8. The van der Waals surface area contributed by atoms with Crippen molar-refractivity contribution in [1.29, 1.82) is 0 Å². The Morgan fingerprint density at radius 2 is 1.24 bits per heavy atom. The van der Waals surface area contributed by atoms with Crippen molar-refractivity contribution in [1.82, 2.24) is 0 Å². The zero-order chi connectivity index (χ0) is 27.3. The fourth-order valence-corrected chi connectivity index (χ4v) is 5.13. The molecule has 1 aliphatic rings. The number of carbonyl (C=O) groups is 2. The number of methoxy groups -OCH3 is 1. The largest absolute Gasteiger partial charge is 0.452 e. The summed E-state index contributed by atoms with van der Waals surface area (Å²) >= 11 is 0. The standard InChI is InChI=1S/C28H28O9S/c1-18-14-16-22(17-15-18)38(31,32)37-23-19(2)34-28(33-3)25(36-27(30)21-12-8-5-9-13-21)24(23)35-26(29)20-10-6-4-7-11-20/h4-17,19,23-25,28H,1-3H3/t19-,23+,24-,25+,28-/m0/s1. The lowest BCUT2D eigenvalue weighted by atomic mass is 9.99. The lowest BCUT2D eigenvalue weighted by Crippen LogP contribution is -2.61. The van der Waals surface area contributed by atoms with Crippen molar-refractivity contribution in [2.45, 2.75) is 49.4 Å². The molecule has 1 fully saturated rings. The maximum atomic E-state index is 13.2. The Morgan fingerprint density at radius 1 is 0.737 bits per heavy atom. The van der Waals surface area contributed by atoms with Gasteiger partial charge in [0.15, 0.2) is 18.5 Å². The van der Waals surface area contributed by atoms with Crippen LogP contribution < -0.4 is 0 Å². The zero-order valence-corrected chi connectivity index (χ0v) is 21.9. The number of aryl methyl sites for hydroxylation is 1. The molecule has 0 radical (unpaired) electrons. The minimum Gasteiger partial charge on any atom is -0.452 e. The number of hydrogen-bond acceptors (Lipinski definition) is 9. The first-order valence-corrected chi connectivity index (χ1v) is 13.3. The Kier molecular flexibility index (Phi) is 8.58. The molecular weight excluding hydrogens is 512 g/mol. The zero-order valence-electron chi connectivity index (χ0n) is 21.1. The number of hydrogen-bond donors (Lipinski definition) is 0. The molecular formula is C28H28O9S. The van der Waals surface area contributed by atoms with E-state index in [1.165, 1.54) is 19.2 Å². The molecule has 0 spiro atoms. The van der Waals surface area contributed by atoms with Crippen LogP contribution in [0.1, 0.15) is 33.2 Å². The first-order chi connectivity index (χ1) is 18.2.